The molecule has 0 bridgehead atoms. The maximum Gasteiger partial charge on any atom is 0.251 e. The summed E-state index contributed by atoms with van der Waals surface area (Å²) in [7, 11) is 1.50. The highest BCUT2D eigenvalue weighted by molar-refractivity contribution is 5.98. The molecule has 6 nitrogen and oxygen atoms in total. The third kappa shape index (κ3) is 4.15. The van der Waals surface area contributed by atoms with E-state index in [4.69, 9.17) is 10.5 Å². The van der Waals surface area contributed by atoms with Crippen LogP contribution in [0.25, 0.3) is 0 Å². The Balaban J connectivity index is 2.71. The van der Waals surface area contributed by atoms with Crippen molar-refractivity contribution < 1.29 is 14.3 Å². The van der Waals surface area contributed by atoms with E-state index in [0.717, 1.165) is 0 Å². The molecule has 0 heterocycles. The van der Waals surface area contributed by atoms with Crippen LogP contribution < -0.4 is 21.1 Å². The average Bonchev–Trinajstić information content (AvgIpc) is 2.37. The number of amides is 2. The van der Waals surface area contributed by atoms with Crippen molar-refractivity contribution in [3.63, 3.8) is 0 Å². The van der Waals surface area contributed by atoms with Crippen LogP contribution in [0.3, 0.4) is 0 Å². The van der Waals surface area contributed by atoms with Gasteiger partial charge in [-0.15, -0.1) is 0 Å². The number of benzene rings is 1. The Labute approximate surface area is 118 Å². The Kier molecular flexibility index (Phi) is 5.37. The van der Waals surface area contributed by atoms with Gasteiger partial charge in [-0.3, -0.25) is 9.59 Å². The minimum absolute atomic E-state index is 0.0264. The fraction of sp³-hybridized carbons (Fsp3) is 0.429. The summed E-state index contributed by atoms with van der Waals surface area (Å²) in [6.07, 6.45) is 0. The second-order valence-corrected chi connectivity index (χ2v) is 4.82. The predicted molar refractivity (Wildman–Crippen MR) is 77.6 cm³/mol. The Morgan fingerprint density at radius 1 is 1.20 bits per heavy atom. The number of ether oxygens (including phenoxy) is 1. The number of carbonyl (C=O) groups excluding carboxylic acids is 2. The molecular formula is C14H21N3O3. The maximum absolute atomic E-state index is 12.0. The molecule has 0 saturated carbocycles. The Morgan fingerprint density at radius 3 is 2.35 bits per heavy atom. The lowest BCUT2D eigenvalue weighted by Crippen LogP contribution is -2.46. The van der Waals surface area contributed by atoms with E-state index >= 15 is 0 Å². The Hall–Kier alpha value is -2.24. The van der Waals surface area contributed by atoms with Crippen LogP contribution in [0.2, 0.25) is 0 Å². The smallest absolute Gasteiger partial charge is 0.251 e. The molecule has 0 spiro atoms. The second-order valence-electron chi connectivity index (χ2n) is 4.82. The zero-order valence-electron chi connectivity index (χ0n) is 12.2. The van der Waals surface area contributed by atoms with Gasteiger partial charge in [0, 0.05) is 11.6 Å². The Morgan fingerprint density at radius 2 is 1.85 bits per heavy atom. The number of carbonyl (C=O) groups is 2. The third-order valence-electron chi connectivity index (χ3n) is 2.66. The summed E-state index contributed by atoms with van der Waals surface area (Å²) in [5.41, 5.74) is 6.50. The molecule has 0 saturated heterocycles. The molecule has 1 atom stereocenters. The number of hydrogen-bond donors (Lipinski definition) is 3. The number of methoxy groups -OCH3 is 1. The summed E-state index contributed by atoms with van der Waals surface area (Å²) in [6.45, 7) is 5.34. The summed E-state index contributed by atoms with van der Waals surface area (Å²) in [5.74, 6) is -0.0762. The largest absolute Gasteiger partial charge is 0.495 e. The van der Waals surface area contributed by atoms with Gasteiger partial charge in [-0.25, -0.2) is 0 Å². The first-order valence-corrected chi connectivity index (χ1v) is 6.40. The van der Waals surface area contributed by atoms with E-state index in [1.807, 2.05) is 13.8 Å². The average molecular weight is 279 g/mol. The summed E-state index contributed by atoms with van der Waals surface area (Å²) < 4.78 is 5.02. The highest BCUT2D eigenvalue weighted by atomic mass is 16.5. The van der Waals surface area contributed by atoms with Crippen LogP contribution in [-0.2, 0) is 4.79 Å². The van der Waals surface area contributed by atoms with Gasteiger partial charge in [0.15, 0.2) is 0 Å². The first-order valence-electron chi connectivity index (χ1n) is 6.40. The van der Waals surface area contributed by atoms with Gasteiger partial charge < -0.3 is 21.1 Å². The predicted octanol–water partition coefficient (Wildman–Crippen LogP) is 0.920. The number of rotatable bonds is 5. The van der Waals surface area contributed by atoms with Crippen molar-refractivity contribution in [2.45, 2.75) is 32.9 Å². The summed E-state index contributed by atoms with van der Waals surface area (Å²) in [5, 5.41) is 5.35. The molecule has 1 aromatic carbocycles. The lowest BCUT2D eigenvalue weighted by molar-refractivity contribution is -0.123. The van der Waals surface area contributed by atoms with Gasteiger partial charge in [0.1, 0.15) is 11.8 Å². The number of nitrogens with one attached hydrogen (secondary N) is 2. The van der Waals surface area contributed by atoms with Crippen molar-refractivity contribution in [2.75, 3.05) is 12.8 Å². The molecule has 1 aromatic rings. The molecular weight excluding hydrogens is 258 g/mol. The third-order valence-corrected chi connectivity index (χ3v) is 2.66. The highest BCUT2D eigenvalue weighted by Gasteiger charge is 2.17. The minimum atomic E-state index is -0.617. The molecule has 2 amide bonds. The standard InChI is InChI=1S/C14H21N3O3/c1-8(2)16-13(18)9(3)17-14(19)10-5-6-12(20-4)11(15)7-10/h5-9H,15H2,1-4H3,(H,16,18)(H,17,19). The van der Waals surface area contributed by atoms with Crippen LogP contribution in [0.5, 0.6) is 5.75 Å². The molecule has 4 N–H and O–H groups in total. The molecule has 110 valence electrons. The van der Waals surface area contributed by atoms with Gasteiger partial charge in [0.05, 0.1) is 12.8 Å². The SMILES string of the molecule is COc1ccc(C(=O)NC(C)C(=O)NC(C)C)cc1N. The van der Waals surface area contributed by atoms with Crippen LogP contribution in [0.4, 0.5) is 5.69 Å². The maximum atomic E-state index is 12.0. The van der Waals surface area contributed by atoms with Gasteiger partial charge >= 0.3 is 0 Å². The lowest BCUT2D eigenvalue weighted by Gasteiger charge is -2.16. The minimum Gasteiger partial charge on any atom is -0.495 e. The van der Waals surface area contributed by atoms with Crippen LogP contribution in [0.1, 0.15) is 31.1 Å². The van der Waals surface area contributed by atoms with E-state index in [1.165, 1.54) is 13.2 Å². The van der Waals surface area contributed by atoms with E-state index in [1.54, 1.807) is 19.1 Å². The van der Waals surface area contributed by atoms with Gasteiger partial charge in [-0.2, -0.15) is 0 Å². The fourth-order valence-electron chi connectivity index (χ4n) is 1.63. The molecule has 1 unspecified atom stereocenters. The van der Waals surface area contributed by atoms with Crippen LogP contribution in [0, 0.1) is 0 Å². The molecule has 0 aliphatic rings. The van der Waals surface area contributed by atoms with Gasteiger partial charge in [0.2, 0.25) is 5.91 Å². The van der Waals surface area contributed by atoms with Crippen LogP contribution in [-0.4, -0.2) is 31.0 Å². The highest BCUT2D eigenvalue weighted by Crippen LogP contribution is 2.21. The first kappa shape index (κ1) is 15.8. The second kappa shape index (κ2) is 6.79. The van der Waals surface area contributed by atoms with Crippen molar-refractivity contribution in [1.82, 2.24) is 10.6 Å². The fourth-order valence-corrected chi connectivity index (χ4v) is 1.63. The topological polar surface area (TPSA) is 93.4 Å². The number of nitrogen functional groups attached to an aromatic ring is 1. The molecule has 0 aliphatic carbocycles. The monoisotopic (exact) mass is 279 g/mol. The van der Waals surface area contributed by atoms with Crippen LogP contribution in [0.15, 0.2) is 18.2 Å². The molecule has 0 fully saturated rings. The number of anilines is 1. The van der Waals surface area contributed by atoms with E-state index < -0.39 is 6.04 Å². The van der Waals surface area contributed by atoms with Crippen molar-refractivity contribution in [3.8, 4) is 5.75 Å². The molecule has 0 aromatic heterocycles. The van der Waals surface area contributed by atoms with Crippen molar-refractivity contribution >= 4 is 17.5 Å². The van der Waals surface area contributed by atoms with Gasteiger partial charge in [0.25, 0.3) is 5.91 Å². The van der Waals surface area contributed by atoms with Crippen molar-refractivity contribution in [1.29, 1.82) is 0 Å². The summed E-state index contributed by atoms with van der Waals surface area (Å²) >= 11 is 0. The van der Waals surface area contributed by atoms with E-state index in [0.29, 0.717) is 17.0 Å². The quantitative estimate of drug-likeness (QED) is 0.699. The van der Waals surface area contributed by atoms with Crippen molar-refractivity contribution in [3.05, 3.63) is 23.8 Å². The van der Waals surface area contributed by atoms with E-state index in [-0.39, 0.29) is 17.9 Å². The zero-order valence-corrected chi connectivity index (χ0v) is 12.2. The Bertz CT molecular complexity index is 500. The molecule has 0 aliphatic heterocycles. The van der Waals surface area contributed by atoms with Gasteiger partial charge in [-0.1, -0.05) is 0 Å². The molecule has 0 radical (unpaired) electrons. The molecule has 1 rings (SSSR count). The zero-order chi connectivity index (χ0) is 15.3. The van der Waals surface area contributed by atoms with Gasteiger partial charge in [-0.05, 0) is 39.0 Å². The summed E-state index contributed by atoms with van der Waals surface area (Å²) in [6, 6.07) is 4.13. The molecule has 6 heteroatoms. The summed E-state index contributed by atoms with van der Waals surface area (Å²) in [4.78, 5) is 23.7. The first-order chi connectivity index (χ1) is 9.35. The van der Waals surface area contributed by atoms with Crippen molar-refractivity contribution in [2.24, 2.45) is 0 Å². The number of nitrogens with two attached hydrogens (primary N) is 1. The molecule has 20 heavy (non-hydrogen) atoms. The van der Waals surface area contributed by atoms with E-state index in [2.05, 4.69) is 10.6 Å². The number of hydrogen-bond acceptors (Lipinski definition) is 4. The normalized spacial score (nSPS) is 11.8. The van der Waals surface area contributed by atoms with Crippen LogP contribution >= 0.6 is 0 Å². The lowest BCUT2D eigenvalue weighted by atomic mass is 10.1. The van der Waals surface area contributed by atoms with E-state index in [9.17, 15) is 9.59 Å².